The van der Waals surface area contributed by atoms with Gasteiger partial charge in [-0.2, -0.15) is 5.26 Å². The maximum absolute atomic E-state index is 11.7. The Kier molecular flexibility index (Phi) is 4.47. The van der Waals surface area contributed by atoms with Crippen molar-refractivity contribution in [2.45, 2.75) is 40.0 Å². The Morgan fingerprint density at radius 2 is 2.00 bits per heavy atom. The monoisotopic (exact) mass is 252 g/mol. The summed E-state index contributed by atoms with van der Waals surface area (Å²) in [5, 5.41) is 10.3. The Morgan fingerprint density at radius 1 is 1.44 bits per heavy atom. The van der Waals surface area contributed by atoms with Crippen molar-refractivity contribution < 1.29 is 14.4 Å². The predicted molar refractivity (Wildman–Crippen MR) is 65.1 cm³/mol. The van der Waals surface area contributed by atoms with E-state index in [1.54, 1.807) is 25.8 Å². The predicted octanol–water partition coefficient (Wildman–Crippen LogP) is 1.69. The number of nitriles is 1. The second kappa shape index (κ2) is 5.49. The number of carbonyl (C=O) groups is 2. The molecule has 0 saturated carbocycles. The average Bonchev–Trinajstić information content (AvgIpc) is 2.31. The van der Waals surface area contributed by atoms with Gasteiger partial charge in [0.15, 0.2) is 0 Å². The third-order valence-electron chi connectivity index (χ3n) is 3.22. The molecular formula is C13H20N2O3. The molecule has 1 rings (SSSR count). The van der Waals surface area contributed by atoms with Crippen molar-refractivity contribution in [3.05, 3.63) is 0 Å². The Hall–Kier alpha value is -1.41. The zero-order valence-electron chi connectivity index (χ0n) is 11.2. The number of piperidine rings is 1. The van der Waals surface area contributed by atoms with Crippen LogP contribution in [-0.2, 0) is 14.4 Å². The summed E-state index contributed by atoms with van der Waals surface area (Å²) in [5.74, 6) is -0.276. The van der Waals surface area contributed by atoms with E-state index in [0.29, 0.717) is 25.9 Å². The van der Waals surface area contributed by atoms with Crippen LogP contribution in [0.4, 0.5) is 0 Å². The van der Waals surface area contributed by atoms with Crippen LogP contribution in [0.25, 0.3) is 0 Å². The highest BCUT2D eigenvalue weighted by atomic mass is 16.7. The van der Waals surface area contributed by atoms with Crippen molar-refractivity contribution in [2.75, 3.05) is 13.1 Å². The fourth-order valence-electron chi connectivity index (χ4n) is 1.77. The molecule has 0 aromatic carbocycles. The van der Waals surface area contributed by atoms with Crippen molar-refractivity contribution >= 4 is 12.3 Å². The topological polar surface area (TPSA) is 70.4 Å². The molecule has 5 heteroatoms. The molecule has 1 heterocycles. The molecule has 0 radical (unpaired) electrons. The molecule has 1 aliphatic heterocycles. The van der Waals surface area contributed by atoms with E-state index in [1.165, 1.54) is 0 Å². The van der Waals surface area contributed by atoms with Gasteiger partial charge in [-0.15, -0.1) is 5.06 Å². The molecule has 0 amide bonds. The van der Waals surface area contributed by atoms with Gasteiger partial charge in [0.2, 0.25) is 0 Å². The van der Waals surface area contributed by atoms with E-state index in [4.69, 9.17) is 10.1 Å². The summed E-state index contributed by atoms with van der Waals surface area (Å²) in [6.07, 6.45) is 2.22. The SMILES string of the molecule is CC(C)(C)C(=O)ON1CCC(C=O)(CC#N)CC1. The molecule has 0 N–H and O–H groups in total. The highest BCUT2D eigenvalue weighted by molar-refractivity contribution is 5.75. The van der Waals surface area contributed by atoms with E-state index in [9.17, 15) is 9.59 Å². The highest BCUT2D eigenvalue weighted by Gasteiger charge is 2.36. The van der Waals surface area contributed by atoms with Gasteiger partial charge in [0.25, 0.3) is 0 Å². The van der Waals surface area contributed by atoms with Crippen LogP contribution in [0, 0.1) is 22.2 Å². The Morgan fingerprint density at radius 3 is 2.39 bits per heavy atom. The summed E-state index contributed by atoms with van der Waals surface area (Å²) >= 11 is 0. The zero-order chi connectivity index (χ0) is 13.8. The fraction of sp³-hybridized carbons (Fsp3) is 0.769. The van der Waals surface area contributed by atoms with Gasteiger partial charge in [-0.1, -0.05) is 0 Å². The molecule has 1 fully saturated rings. The molecule has 0 unspecified atom stereocenters. The second-order valence-corrected chi connectivity index (χ2v) is 5.87. The van der Waals surface area contributed by atoms with Crippen LogP contribution in [0.1, 0.15) is 40.0 Å². The largest absolute Gasteiger partial charge is 0.367 e. The minimum absolute atomic E-state index is 0.234. The molecule has 1 saturated heterocycles. The van der Waals surface area contributed by atoms with Gasteiger partial charge < -0.3 is 9.63 Å². The van der Waals surface area contributed by atoms with E-state index in [0.717, 1.165) is 6.29 Å². The van der Waals surface area contributed by atoms with Crippen LogP contribution in [-0.4, -0.2) is 30.4 Å². The van der Waals surface area contributed by atoms with Gasteiger partial charge >= 0.3 is 5.97 Å². The lowest BCUT2D eigenvalue weighted by molar-refractivity contribution is -0.208. The van der Waals surface area contributed by atoms with E-state index in [-0.39, 0.29) is 12.4 Å². The minimum atomic E-state index is -0.556. The van der Waals surface area contributed by atoms with Gasteiger partial charge in [-0.25, -0.2) is 4.79 Å². The van der Waals surface area contributed by atoms with E-state index in [1.807, 2.05) is 0 Å². The summed E-state index contributed by atoms with van der Waals surface area (Å²) in [4.78, 5) is 28.1. The molecule has 0 aliphatic carbocycles. The minimum Gasteiger partial charge on any atom is -0.367 e. The summed E-state index contributed by atoms with van der Waals surface area (Å²) < 4.78 is 0. The van der Waals surface area contributed by atoms with Gasteiger partial charge in [-0.3, -0.25) is 0 Å². The van der Waals surface area contributed by atoms with Gasteiger partial charge in [0.05, 0.1) is 11.5 Å². The lowest BCUT2D eigenvalue weighted by Crippen LogP contribution is -2.43. The smallest absolute Gasteiger partial charge is 0.330 e. The van der Waals surface area contributed by atoms with E-state index < -0.39 is 10.8 Å². The van der Waals surface area contributed by atoms with Crippen molar-refractivity contribution in [2.24, 2.45) is 10.8 Å². The van der Waals surface area contributed by atoms with Gasteiger partial charge in [0.1, 0.15) is 6.29 Å². The quantitative estimate of drug-likeness (QED) is 0.715. The van der Waals surface area contributed by atoms with Crippen LogP contribution in [0.2, 0.25) is 0 Å². The van der Waals surface area contributed by atoms with Crippen LogP contribution >= 0.6 is 0 Å². The van der Waals surface area contributed by atoms with Crippen molar-refractivity contribution in [3.8, 4) is 6.07 Å². The van der Waals surface area contributed by atoms with E-state index >= 15 is 0 Å². The Bertz CT molecular complexity index is 357. The Labute approximate surface area is 108 Å². The zero-order valence-corrected chi connectivity index (χ0v) is 11.2. The third kappa shape index (κ3) is 3.54. The molecule has 1 aliphatic rings. The standard InChI is InChI=1S/C13H20N2O3/c1-12(2,3)11(17)18-15-8-5-13(10-16,4-7-14)6-9-15/h10H,4-6,8-9H2,1-3H3. The number of nitrogens with zero attached hydrogens (tertiary/aromatic N) is 2. The van der Waals surface area contributed by atoms with Crippen LogP contribution in [0.5, 0.6) is 0 Å². The van der Waals surface area contributed by atoms with Crippen molar-refractivity contribution in [3.63, 3.8) is 0 Å². The van der Waals surface area contributed by atoms with Crippen LogP contribution in [0.3, 0.4) is 0 Å². The molecule has 18 heavy (non-hydrogen) atoms. The molecule has 0 aromatic rings. The lowest BCUT2D eigenvalue weighted by atomic mass is 9.78. The third-order valence-corrected chi connectivity index (χ3v) is 3.22. The van der Waals surface area contributed by atoms with Crippen LogP contribution < -0.4 is 0 Å². The number of carbonyl (C=O) groups excluding carboxylic acids is 2. The molecular weight excluding hydrogens is 232 g/mol. The maximum atomic E-state index is 11.7. The second-order valence-electron chi connectivity index (χ2n) is 5.87. The van der Waals surface area contributed by atoms with Crippen LogP contribution in [0.15, 0.2) is 0 Å². The molecule has 0 bridgehead atoms. The first kappa shape index (κ1) is 14.7. The molecule has 100 valence electrons. The van der Waals surface area contributed by atoms with E-state index in [2.05, 4.69) is 6.07 Å². The summed E-state index contributed by atoms with van der Waals surface area (Å²) in [5.41, 5.74) is -1.09. The Balaban J connectivity index is 2.52. The maximum Gasteiger partial charge on any atom is 0.330 e. The lowest BCUT2D eigenvalue weighted by Gasteiger charge is -2.36. The summed E-state index contributed by atoms with van der Waals surface area (Å²) in [6.45, 7) is 6.39. The van der Waals surface area contributed by atoms with Crippen molar-refractivity contribution in [1.82, 2.24) is 5.06 Å². The first-order chi connectivity index (χ1) is 8.33. The first-order valence-electron chi connectivity index (χ1n) is 6.14. The molecule has 0 aromatic heterocycles. The summed E-state index contributed by atoms with van der Waals surface area (Å²) in [6, 6.07) is 2.05. The fourth-order valence-corrected chi connectivity index (χ4v) is 1.77. The molecule has 0 atom stereocenters. The average molecular weight is 252 g/mol. The molecule has 0 spiro atoms. The number of aldehydes is 1. The van der Waals surface area contributed by atoms with Gasteiger partial charge in [-0.05, 0) is 33.6 Å². The molecule has 5 nitrogen and oxygen atoms in total. The van der Waals surface area contributed by atoms with Crippen molar-refractivity contribution in [1.29, 1.82) is 5.26 Å². The number of hydrogen-bond acceptors (Lipinski definition) is 5. The normalized spacial score (nSPS) is 19.9. The number of rotatable bonds is 3. The highest BCUT2D eigenvalue weighted by Crippen LogP contribution is 2.33. The summed E-state index contributed by atoms with van der Waals surface area (Å²) in [7, 11) is 0. The van der Waals surface area contributed by atoms with Gasteiger partial charge in [0, 0.05) is 24.9 Å². The number of hydroxylamine groups is 2. The first-order valence-corrected chi connectivity index (χ1v) is 6.14. The number of hydrogen-bond donors (Lipinski definition) is 0.